The molecule has 0 aliphatic carbocycles. The summed E-state index contributed by atoms with van der Waals surface area (Å²) in [7, 11) is 1.34. The summed E-state index contributed by atoms with van der Waals surface area (Å²) < 4.78 is 5.05. The molecule has 2 rings (SSSR count). The number of nitrogens with two attached hydrogens (primary N) is 1. The number of methoxy groups -OCH3 is 1. The Kier molecular flexibility index (Phi) is 6.50. The first-order valence-corrected chi connectivity index (χ1v) is 8.54. The summed E-state index contributed by atoms with van der Waals surface area (Å²) in [6, 6.07) is 7.39. The maximum absolute atomic E-state index is 12.2. The minimum Gasteiger partial charge on any atom is -0.495 e. The van der Waals surface area contributed by atoms with E-state index in [1.54, 1.807) is 0 Å². The van der Waals surface area contributed by atoms with Crippen molar-refractivity contribution in [3.05, 3.63) is 62.2 Å². The summed E-state index contributed by atoms with van der Waals surface area (Å²) in [6.07, 6.45) is 0. The van der Waals surface area contributed by atoms with Crippen LogP contribution in [0.15, 0.2) is 41.3 Å². The number of nitro benzene ring substituents is 2. The van der Waals surface area contributed by atoms with Gasteiger partial charge in [-0.25, -0.2) is 0 Å². The molecule has 0 aliphatic heterocycles. The van der Waals surface area contributed by atoms with Crippen molar-refractivity contribution in [2.75, 3.05) is 18.2 Å². The average Bonchev–Trinajstić information content (AvgIpc) is 2.65. The van der Waals surface area contributed by atoms with Crippen molar-refractivity contribution in [2.45, 2.75) is 4.90 Å². The highest BCUT2D eigenvalue weighted by molar-refractivity contribution is 8.00. The first-order chi connectivity index (χ1) is 13.2. The molecule has 0 fully saturated rings. The molecule has 0 unspecified atom stereocenters. The van der Waals surface area contributed by atoms with Gasteiger partial charge in [-0.15, -0.1) is 11.8 Å². The number of nitro groups is 2. The second kappa shape index (κ2) is 8.81. The zero-order valence-electron chi connectivity index (χ0n) is 14.4. The molecular weight excluding hydrogens is 392 g/mol. The van der Waals surface area contributed by atoms with E-state index in [-0.39, 0.29) is 39.0 Å². The summed E-state index contributed by atoms with van der Waals surface area (Å²) in [5.74, 6) is -1.37. The normalized spacial score (nSPS) is 10.2. The molecule has 3 N–H and O–H groups in total. The minimum absolute atomic E-state index is 0.0261. The zero-order valence-corrected chi connectivity index (χ0v) is 15.2. The first kappa shape index (κ1) is 20.6. The second-order valence-corrected chi connectivity index (χ2v) is 6.30. The first-order valence-electron chi connectivity index (χ1n) is 7.56. The van der Waals surface area contributed by atoms with Gasteiger partial charge in [-0.05, 0) is 18.2 Å². The van der Waals surface area contributed by atoms with Crippen molar-refractivity contribution in [1.29, 1.82) is 0 Å². The fourth-order valence-electron chi connectivity index (χ4n) is 2.17. The third-order valence-corrected chi connectivity index (χ3v) is 4.53. The van der Waals surface area contributed by atoms with E-state index in [4.69, 9.17) is 10.5 Å². The van der Waals surface area contributed by atoms with Gasteiger partial charge in [0.1, 0.15) is 5.75 Å². The average molecular weight is 406 g/mol. The molecule has 0 heterocycles. The van der Waals surface area contributed by atoms with Gasteiger partial charge in [0.05, 0.1) is 33.3 Å². The van der Waals surface area contributed by atoms with Crippen LogP contribution in [0.2, 0.25) is 0 Å². The maximum atomic E-state index is 12.2. The summed E-state index contributed by atoms with van der Waals surface area (Å²) in [5, 5.41) is 24.5. The zero-order chi connectivity index (χ0) is 20.8. The molecule has 0 saturated heterocycles. The van der Waals surface area contributed by atoms with Gasteiger partial charge in [-0.2, -0.15) is 0 Å². The highest BCUT2D eigenvalue weighted by atomic mass is 32.2. The van der Waals surface area contributed by atoms with Gasteiger partial charge in [0.2, 0.25) is 11.8 Å². The number of non-ortho nitro benzene ring substituents is 1. The number of nitrogens with zero attached hydrogens (tertiary/aromatic N) is 2. The van der Waals surface area contributed by atoms with E-state index in [0.29, 0.717) is 0 Å². The largest absolute Gasteiger partial charge is 0.495 e. The number of hydrogen-bond donors (Lipinski definition) is 2. The molecule has 12 heteroatoms. The van der Waals surface area contributed by atoms with E-state index in [0.717, 1.165) is 23.9 Å². The predicted octanol–water partition coefficient (Wildman–Crippen LogP) is 2.34. The molecule has 28 heavy (non-hydrogen) atoms. The van der Waals surface area contributed by atoms with E-state index in [2.05, 4.69) is 5.32 Å². The number of rotatable bonds is 8. The van der Waals surface area contributed by atoms with E-state index in [9.17, 15) is 29.8 Å². The number of carbonyl (C=O) groups is 2. The maximum Gasteiger partial charge on any atom is 0.283 e. The quantitative estimate of drug-likeness (QED) is 0.382. The Hall–Kier alpha value is -3.67. The van der Waals surface area contributed by atoms with Crippen LogP contribution in [0.3, 0.4) is 0 Å². The number of anilines is 1. The number of benzene rings is 2. The van der Waals surface area contributed by atoms with Crippen molar-refractivity contribution in [3.63, 3.8) is 0 Å². The topological polar surface area (TPSA) is 168 Å². The van der Waals surface area contributed by atoms with E-state index >= 15 is 0 Å². The second-order valence-electron chi connectivity index (χ2n) is 5.28. The van der Waals surface area contributed by atoms with Crippen LogP contribution in [0, 0.1) is 20.2 Å². The minimum atomic E-state index is -0.810. The van der Waals surface area contributed by atoms with Gasteiger partial charge in [0.25, 0.3) is 11.4 Å². The van der Waals surface area contributed by atoms with Gasteiger partial charge in [0, 0.05) is 23.8 Å². The lowest BCUT2D eigenvalue weighted by Crippen LogP contribution is -2.15. The van der Waals surface area contributed by atoms with E-state index in [1.807, 2.05) is 0 Å². The van der Waals surface area contributed by atoms with Crippen LogP contribution in [-0.4, -0.2) is 34.5 Å². The van der Waals surface area contributed by atoms with Crippen molar-refractivity contribution in [3.8, 4) is 5.75 Å². The van der Waals surface area contributed by atoms with Crippen LogP contribution in [0.25, 0.3) is 0 Å². The summed E-state index contributed by atoms with van der Waals surface area (Å²) >= 11 is 0.867. The molecule has 0 saturated carbocycles. The highest BCUT2D eigenvalue weighted by Gasteiger charge is 2.19. The SMILES string of the molecule is COc1ccc([N+](=O)[O-])cc1NC(=O)CSc1ccc(C(N)=O)cc1[N+](=O)[O-]. The number of hydrogen-bond acceptors (Lipinski definition) is 8. The molecule has 0 spiro atoms. The van der Waals surface area contributed by atoms with Crippen molar-refractivity contribution >= 4 is 40.6 Å². The molecule has 0 bridgehead atoms. The Morgan fingerprint density at radius 3 is 2.43 bits per heavy atom. The number of primary amides is 1. The van der Waals surface area contributed by atoms with Gasteiger partial charge in [-0.1, -0.05) is 0 Å². The van der Waals surface area contributed by atoms with Gasteiger partial charge in [-0.3, -0.25) is 29.8 Å². The van der Waals surface area contributed by atoms with Crippen LogP contribution in [0.1, 0.15) is 10.4 Å². The molecule has 0 atom stereocenters. The summed E-state index contributed by atoms with van der Waals surface area (Å²) in [6.45, 7) is 0. The molecule has 2 aromatic carbocycles. The number of ether oxygens (including phenoxy) is 1. The van der Waals surface area contributed by atoms with Crippen LogP contribution in [0.4, 0.5) is 17.1 Å². The number of amides is 2. The van der Waals surface area contributed by atoms with Crippen LogP contribution in [-0.2, 0) is 4.79 Å². The predicted molar refractivity (Wildman–Crippen MR) is 101 cm³/mol. The lowest BCUT2D eigenvalue weighted by Gasteiger charge is -2.10. The molecular formula is C16H14N4O7S. The van der Waals surface area contributed by atoms with E-state index < -0.39 is 21.7 Å². The lowest BCUT2D eigenvalue weighted by atomic mass is 10.2. The smallest absolute Gasteiger partial charge is 0.283 e. The standard InChI is InChI=1S/C16H14N4O7S/c1-27-13-4-3-10(19(23)24)7-11(13)18-15(21)8-28-14-5-2-9(16(17)22)6-12(14)20(25)26/h2-7H,8H2,1H3,(H2,17,22)(H,18,21). The lowest BCUT2D eigenvalue weighted by molar-refractivity contribution is -0.387. The summed E-state index contributed by atoms with van der Waals surface area (Å²) in [5.41, 5.74) is 4.59. The molecule has 146 valence electrons. The molecule has 0 radical (unpaired) electrons. The van der Waals surface area contributed by atoms with Crippen LogP contribution >= 0.6 is 11.8 Å². The number of nitrogens with one attached hydrogen (secondary N) is 1. The Morgan fingerprint density at radius 2 is 1.86 bits per heavy atom. The fraction of sp³-hybridized carbons (Fsp3) is 0.125. The van der Waals surface area contributed by atoms with Gasteiger partial charge < -0.3 is 15.8 Å². The Balaban J connectivity index is 2.15. The van der Waals surface area contributed by atoms with E-state index in [1.165, 1.54) is 31.4 Å². The van der Waals surface area contributed by atoms with Gasteiger partial charge >= 0.3 is 0 Å². The fourth-order valence-corrected chi connectivity index (χ4v) is 2.98. The van der Waals surface area contributed by atoms with Crippen molar-refractivity contribution in [2.24, 2.45) is 5.73 Å². The Morgan fingerprint density at radius 1 is 1.14 bits per heavy atom. The Bertz CT molecular complexity index is 964. The molecule has 0 aliphatic rings. The Labute approximate surface area is 162 Å². The summed E-state index contributed by atoms with van der Waals surface area (Å²) in [4.78, 5) is 44.3. The van der Waals surface area contributed by atoms with Gasteiger partial charge in [0.15, 0.2) is 0 Å². The van der Waals surface area contributed by atoms with Crippen LogP contribution in [0.5, 0.6) is 5.75 Å². The monoisotopic (exact) mass is 406 g/mol. The van der Waals surface area contributed by atoms with Crippen molar-refractivity contribution in [1.82, 2.24) is 0 Å². The molecule has 0 aromatic heterocycles. The van der Waals surface area contributed by atoms with Crippen molar-refractivity contribution < 1.29 is 24.2 Å². The third kappa shape index (κ3) is 4.94. The molecule has 2 amide bonds. The molecule has 11 nitrogen and oxygen atoms in total. The van der Waals surface area contributed by atoms with Crippen LogP contribution < -0.4 is 15.8 Å². The molecule has 2 aromatic rings. The number of carbonyl (C=O) groups excluding carboxylic acids is 2. The highest BCUT2D eigenvalue weighted by Crippen LogP contribution is 2.32. The third-order valence-electron chi connectivity index (χ3n) is 3.47. The number of thioether (sulfide) groups is 1.